The molecule has 142 valence electrons. The maximum absolute atomic E-state index is 5.87. The second kappa shape index (κ2) is 11.8. The van der Waals surface area contributed by atoms with Crippen molar-refractivity contribution >= 4 is 41.5 Å². The van der Waals surface area contributed by atoms with Gasteiger partial charge in [-0.1, -0.05) is 11.6 Å². The maximum atomic E-state index is 5.87. The summed E-state index contributed by atoms with van der Waals surface area (Å²) in [4.78, 5) is 6.51. The fraction of sp³-hybridized carbons (Fsp3) is 0.588. The third kappa shape index (κ3) is 8.44. The van der Waals surface area contributed by atoms with Gasteiger partial charge in [0.1, 0.15) is 11.9 Å². The highest BCUT2D eigenvalue weighted by Crippen LogP contribution is 2.16. The summed E-state index contributed by atoms with van der Waals surface area (Å²) in [5.74, 6) is 1.55. The lowest BCUT2D eigenvalue weighted by atomic mass is 10.3. The monoisotopic (exact) mass is 482 g/mol. The van der Waals surface area contributed by atoms with Crippen LogP contribution in [0.25, 0.3) is 0 Å². The first kappa shape index (κ1) is 22.3. The topological polar surface area (TPSA) is 58.1 Å². The summed E-state index contributed by atoms with van der Waals surface area (Å²) >= 11 is 5.87. The van der Waals surface area contributed by atoms with Crippen LogP contribution < -0.4 is 15.4 Å². The van der Waals surface area contributed by atoms with E-state index in [0.717, 1.165) is 38.0 Å². The van der Waals surface area contributed by atoms with E-state index >= 15 is 0 Å². The second-order valence-corrected chi connectivity index (χ2v) is 6.41. The van der Waals surface area contributed by atoms with E-state index in [9.17, 15) is 0 Å². The summed E-state index contributed by atoms with van der Waals surface area (Å²) in [6.07, 6.45) is 0.187. The highest BCUT2D eigenvalue weighted by atomic mass is 127. The SMILES string of the molecule is CN=C(NCC(C)Oc1ccc(Cl)cc1)NCC1CN(C)CCO1.I. The number of morpholine rings is 1. The first-order valence-corrected chi connectivity index (χ1v) is 8.61. The van der Waals surface area contributed by atoms with Crippen LogP contribution >= 0.6 is 35.6 Å². The molecule has 25 heavy (non-hydrogen) atoms. The zero-order chi connectivity index (χ0) is 17.4. The van der Waals surface area contributed by atoms with Crippen LogP contribution in [0.15, 0.2) is 29.3 Å². The van der Waals surface area contributed by atoms with E-state index in [0.29, 0.717) is 11.6 Å². The third-order valence-electron chi connectivity index (χ3n) is 3.77. The van der Waals surface area contributed by atoms with Crippen LogP contribution in [0.1, 0.15) is 6.92 Å². The fourth-order valence-corrected chi connectivity index (χ4v) is 2.57. The maximum Gasteiger partial charge on any atom is 0.191 e. The van der Waals surface area contributed by atoms with Crippen LogP contribution in [-0.2, 0) is 4.74 Å². The van der Waals surface area contributed by atoms with Crippen LogP contribution in [0.5, 0.6) is 5.75 Å². The molecule has 2 atom stereocenters. The van der Waals surface area contributed by atoms with Crippen molar-refractivity contribution in [3.05, 3.63) is 29.3 Å². The van der Waals surface area contributed by atoms with Gasteiger partial charge in [-0.15, -0.1) is 24.0 Å². The minimum Gasteiger partial charge on any atom is -0.489 e. The van der Waals surface area contributed by atoms with Gasteiger partial charge < -0.3 is 25.0 Å². The van der Waals surface area contributed by atoms with E-state index in [2.05, 4.69) is 27.6 Å². The number of hydrogen-bond donors (Lipinski definition) is 2. The molecule has 2 N–H and O–H groups in total. The number of nitrogens with one attached hydrogen (secondary N) is 2. The lowest BCUT2D eigenvalue weighted by molar-refractivity contribution is -0.0161. The molecule has 2 unspecified atom stereocenters. The Balaban J connectivity index is 0.00000312. The lowest BCUT2D eigenvalue weighted by Crippen LogP contribution is -2.49. The van der Waals surface area contributed by atoms with Crippen LogP contribution in [-0.4, -0.2) is 69.9 Å². The molecule has 0 amide bonds. The first-order chi connectivity index (χ1) is 11.6. The Labute approximate surface area is 172 Å². The molecular weight excluding hydrogens is 455 g/mol. The van der Waals surface area contributed by atoms with Gasteiger partial charge in [-0.3, -0.25) is 4.99 Å². The van der Waals surface area contributed by atoms with Gasteiger partial charge >= 0.3 is 0 Å². The Hall–Kier alpha value is -0.770. The molecular formula is C17H28ClIN4O2. The number of rotatable bonds is 6. The summed E-state index contributed by atoms with van der Waals surface area (Å²) in [6, 6.07) is 7.36. The molecule has 0 radical (unpaired) electrons. The van der Waals surface area contributed by atoms with Gasteiger partial charge in [0.2, 0.25) is 0 Å². The number of aliphatic imine (C=N–C) groups is 1. The van der Waals surface area contributed by atoms with Gasteiger partial charge in [0, 0.05) is 31.7 Å². The Kier molecular flexibility index (Phi) is 10.5. The van der Waals surface area contributed by atoms with Gasteiger partial charge in [-0.25, -0.2) is 0 Å². The molecule has 1 saturated heterocycles. The summed E-state index contributed by atoms with van der Waals surface area (Å²) in [5, 5.41) is 7.27. The normalized spacial score (nSPS) is 19.7. The molecule has 0 aromatic heterocycles. The minimum atomic E-state index is 0. The molecule has 1 aromatic rings. The quantitative estimate of drug-likeness (QED) is 0.370. The number of likely N-dealkylation sites (N-methyl/N-ethyl adjacent to an activating group) is 1. The van der Waals surface area contributed by atoms with Crippen molar-refractivity contribution in [3.63, 3.8) is 0 Å². The van der Waals surface area contributed by atoms with Crippen molar-refractivity contribution in [1.82, 2.24) is 15.5 Å². The highest BCUT2D eigenvalue weighted by Gasteiger charge is 2.17. The van der Waals surface area contributed by atoms with Gasteiger partial charge in [-0.05, 0) is 38.2 Å². The Morgan fingerprint density at radius 3 is 2.76 bits per heavy atom. The van der Waals surface area contributed by atoms with E-state index in [1.165, 1.54) is 0 Å². The lowest BCUT2D eigenvalue weighted by Gasteiger charge is -2.30. The standard InChI is InChI=1S/C17H27ClN4O2.HI/c1-13(24-15-6-4-14(18)5-7-15)10-20-17(19-2)21-11-16-12-22(3)8-9-23-16;/h4-7,13,16H,8-12H2,1-3H3,(H2,19,20,21);1H. The number of halogens is 2. The van der Waals surface area contributed by atoms with Crippen molar-refractivity contribution in [2.75, 3.05) is 46.9 Å². The first-order valence-electron chi connectivity index (χ1n) is 8.23. The molecule has 6 nitrogen and oxygen atoms in total. The van der Waals surface area contributed by atoms with Crippen molar-refractivity contribution < 1.29 is 9.47 Å². The summed E-state index contributed by atoms with van der Waals surface area (Å²) in [5.41, 5.74) is 0. The predicted octanol–water partition coefficient (Wildman–Crippen LogP) is 2.22. The van der Waals surface area contributed by atoms with Crippen molar-refractivity contribution in [1.29, 1.82) is 0 Å². The van der Waals surface area contributed by atoms with Crippen LogP contribution in [0.2, 0.25) is 5.02 Å². The van der Waals surface area contributed by atoms with Crippen LogP contribution in [0, 0.1) is 0 Å². The van der Waals surface area contributed by atoms with E-state index in [4.69, 9.17) is 21.1 Å². The molecule has 1 fully saturated rings. The number of ether oxygens (including phenoxy) is 2. The average molecular weight is 483 g/mol. The summed E-state index contributed by atoms with van der Waals surface area (Å²) in [6.45, 7) is 6.09. The molecule has 8 heteroatoms. The van der Waals surface area contributed by atoms with E-state index in [1.807, 2.05) is 31.2 Å². The van der Waals surface area contributed by atoms with Crippen molar-refractivity contribution in [2.45, 2.75) is 19.1 Å². The molecule has 1 aliphatic rings. The predicted molar refractivity (Wildman–Crippen MR) is 114 cm³/mol. The van der Waals surface area contributed by atoms with E-state index < -0.39 is 0 Å². The fourth-order valence-electron chi connectivity index (χ4n) is 2.45. The van der Waals surface area contributed by atoms with Gasteiger partial charge in [0.05, 0.1) is 19.3 Å². The largest absolute Gasteiger partial charge is 0.489 e. The number of guanidine groups is 1. The van der Waals surface area contributed by atoms with Crippen LogP contribution in [0.4, 0.5) is 0 Å². The van der Waals surface area contributed by atoms with E-state index in [-0.39, 0.29) is 36.2 Å². The average Bonchev–Trinajstić information content (AvgIpc) is 2.57. The molecule has 0 saturated carbocycles. The Bertz CT molecular complexity index is 530. The molecule has 2 rings (SSSR count). The summed E-state index contributed by atoms with van der Waals surface area (Å²) < 4.78 is 11.6. The second-order valence-electron chi connectivity index (χ2n) is 5.97. The minimum absolute atomic E-state index is 0. The molecule has 1 aliphatic heterocycles. The summed E-state index contributed by atoms with van der Waals surface area (Å²) in [7, 11) is 3.87. The van der Waals surface area contributed by atoms with Crippen molar-refractivity contribution in [3.8, 4) is 5.75 Å². The molecule has 0 bridgehead atoms. The third-order valence-corrected chi connectivity index (χ3v) is 4.02. The van der Waals surface area contributed by atoms with Crippen LogP contribution in [0.3, 0.4) is 0 Å². The van der Waals surface area contributed by atoms with Crippen molar-refractivity contribution in [2.24, 2.45) is 4.99 Å². The van der Waals surface area contributed by atoms with E-state index in [1.54, 1.807) is 7.05 Å². The Morgan fingerprint density at radius 2 is 2.12 bits per heavy atom. The number of hydrogen-bond acceptors (Lipinski definition) is 4. The van der Waals surface area contributed by atoms with Gasteiger partial charge in [0.25, 0.3) is 0 Å². The number of nitrogens with zero attached hydrogens (tertiary/aromatic N) is 2. The number of benzene rings is 1. The molecule has 0 spiro atoms. The zero-order valence-corrected chi connectivity index (χ0v) is 18.1. The highest BCUT2D eigenvalue weighted by molar-refractivity contribution is 14.0. The Morgan fingerprint density at radius 1 is 1.40 bits per heavy atom. The smallest absolute Gasteiger partial charge is 0.191 e. The zero-order valence-electron chi connectivity index (χ0n) is 15.0. The van der Waals surface area contributed by atoms with Gasteiger partial charge in [0.15, 0.2) is 5.96 Å². The molecule has 0 aliphatic carbocycles. The molecule has 1 heterocycles. The molecule has 1 aromatic carbocycles. The van der Waals surface area contributed by atoms with Gasteiger partial charge in [-0.2, -0.15) is 0 Å².